The second kappa shape index (κ2) is 4.38. The Hall–Kier alpha value is -1.94. The minimum atomic E-state index is -0.361. The molecule has 2 aromatic rings. The van der Waals surface area contributed by atoms with Gasteiger partial charge in [0.05, 0.1) is 5.71 Å². The van der Waals surface area contributed by atoms with Gasteiger partial charge in [-0.2, -0.15) is 0 Å². The predicted molar refractivity (Wildman–Crippen MR) is 74.5 cm³/mol. The first-order valence-electron chi connectivity index (χ1n) is 5.77. The molecule has 1 N–H and O–H groups in total. The number of thiophene rings is 1. The zero-order chi connectivity index (χ0) is 12.5. The number of fused-ring (bicyclic) bond motifs is 1. The van der Waals surface area contributed by atoms with Crippen LogP contribution in [0.1, 0.15) is 18.1 Å². The van der Waals surface area contributed by atoms with Gasteiger partial charge < -0.3 is 5.32 Å². The van der Waals surface area contributed by atoms with Crippen molar-refractivity contribution >= 4 is 28.0 Å². The molecule has 1 aromatic heterocycles. The number of nitrogens with zero attached hydrogens (tertiary/aromatic N) is 1. The normalized spacial score (nSPS) is 18.6. The highest BCUT2D eigenvalue weighted by Crippen LogP contribution is 2.29. The summed E-state index contributed by atoms with van der Waals surface area (Å²) in [4.78, 5) is 16.4. The predicted octanol–water partition coefficient (Wildman–Crippen LogP) is 2.93. The van der Waals surface area contributed by atoms with Crippen molar-refractivity contribution < 1.29 is 4.79 Å². The number of carbonyl (C=O) groups excluding carboxylic acids is 1. The number of benzene rings is 1. The van der Waals surface area contributed by atoms with E-state index in [0.717, 1.165) is 21.8 Å². The number of nitrogens with one attached hydrogen (secondary N) is 1. The fraction of sp³-hybridized carbons (Fsp3) is 0.143. The fourth-order valence-corrected chi connectivity index (χ4v) is 2.75. The van der Waals surface area contributed by atoms with Crippen LogP contribution >= 0.6 is 11.3 Å². The molecule has 2 heterocycles. The molecule has 0 saturated heterocycles. The summed E-state index contributed by atoms with van der Waals surface area (Å²) in [6.07, 6.45) is 0. The Morgan fingerprint density at radius 1 is 1.22 bits per heavy atom. The first-order valence-corrected chi connectivity index (χ1v) is 6.65. The van der Waals surface area contributed by atoms with E-state index in [4.69, 9.17) is 0 Å². The first kappa shape index (κ1) is 11.2. The lowest BCUT2D eigenvalue weighted by atomic mass is 10.0. The summed E-state index contributed by atoms with van der Waals surface area (Å²) in [6, 6.07) is 11.6. The summed E-state index contributed by atoms with van der Waals surface area (Å²) in [5, 5.41) is 5.77. The molecule has 1 aliphatic rings. The van der Waals surface area contributed by atoms with Crippen LogP contribution in [0.25, 0.3) is 0 Å². The van der Waals surface area contributed by atoms with Crippen LogP contribution < -0.4 is 5.32 Å². The van der Waals surface area contributed by atoms with Crippen LogP contribution in [0.2, 0.25) is 0 Å². The van der Waals surface area contributed by atoms with Crippen LogP contribution in [0, 0.1) is 0 Å². The van der Waals surface area contributed by atoms with Crippen molar-refractivity contribution in [1.82, 2.24) is 0 Å². The standard InChI is InChI=1S/C14H12N2OS/c1-9-13(17)16-14-11(7-8-18-14)12(15-9)10-5-3-2-4-6-10/h2-9H,1H3,(H,16,17). The third kappa shape index (κ3) is 1.84. The van der Waals surface area contributed by atoms with E-state index in [1.807, 2.05) is 48.7 Å². The fourth-order valence-electron chi connectivity index (χ4n) is 1.96. The molecule has 0 spiro atoms. The molecule has 4 heteroatoms. The third-order valence-corrected chi connectivity index (χ3v) is 3.74. The van der Waals surface area contributed by atoms with Crippen LogP contribution in [0.4, 0.5) is 5.00 Å². The average Bonchev–Trinajstić information content (AvgIpc) is 2.80. The summed E-state index contributed by atoms with van der Waals surface area (Å²) in [7, 11) is 0. The zero-order valence-corrected chi connectivity index (χ0v) is 10.7. The van der Waals surface area contributed by atoms with Crippen molar-refractivity contribution in [2.24, 2.45) is 4.99 Å². The summed E-state index contributed by atoms with van der Waals surface area (Å²) in [5.41, 5.74) is 2.93. The highest BCUT2D eigenvalue weighted by Gasteiger charge is 2.23. The lowest BCUT2D eigenvalue weighted by molar-refractivity contribution is -0.116. The topological polar surface area (TPSA) is 41.5 Å². The Bertz CT molecular complexity index is 616. The smallest absolute Gasteiger partial charge is 0.249 e. The van der Waals surface area contributed by atoms with E-state index in [1.165, 1.54) is 11.3 Å². The molecule has 1 aromatic carbocycles. The van der Waals surface area contributed by atoms with Gasteiger partial charge in [0, 0.05) is 11.1 Å². The third-order valence-electron chi connectivity index (χ3n) is 2.91. The van der Waals surface area contributed by atoms with Gasteiger partial charge in [0.15, 0.2) is 0 Å². The van der Waals surface area contributed by atoms with Gasteiger partial charge in [0.2, 0.25) is 5.91 Å². The molecule has 18 heavy (non-hydrogen) atoms. The molecule has 0 radical (unpaired) electrons. The van der Waals surface area contributed by atoms with E-state index >= 15 is 0 Å². The van der Waals surface area contributed by atoms with E-state index in [9.17, 15) is 4.79 Å². The SMILES string of the molecule is CC1N=C(c2ccccc2)c2ccsc2NC1=O. The Labute approximate surface area is 109 Å². The van der Waals surface area contributed by atoms with E-state index in [1.54, 1.807) is 0 Å². The minimum absolute atomic E-state index is 0.0513. The number of anilines is 1. The van der Waals surface area contributed by atoms with Gasteiger partial charge in [-0.3, -0.25) is 9.79 Å². The lowest BCUT2D eigenvalue weighted by Crippen LogP contribution is -2.21. The van der Waals surface area contributed by atoms with Crippen LogP contribution in [0.3, 0.4) is 0 Å². The van der Waals surface area contributed by atoms with Crippen LogP contribution in [-0.4, -0.2) is 17.7 Å². The quantitative estimate of drug-likeness (QED) is 0.837. The number of hydrogen-bond donors (Lipinski definition) is 1. The van der Waals surface area contributed by atoms with Gasteiger partial charge in [-0.1, -0.05) is 30.3 Å². The molecule has 90 valence electrons. The highest BCUT2D eigenvalue weighted by molar-refractivity contribution is 7.14. The van der Waals surface area contributed by atoms with Crippen molar-refractivity contribution in [2.75, 3.05) is 5.32 Å². The second-order valence-corrected chi connectivity index (χ2v) is 5.09. The molecule has 1 atom stereocenters. The summed E-state index contributed by atoms with van der Waals surface area (Å²) in [6.45, 7) is 1.81. The Balaban J connectivity index is 2.18. The van der Waals surface area contributed by atoms with Gasteiger partial charge in [0.1, 0.15) is 11.0 Å². The molecule has 0 bridgehead atoms. The van der Waals surface area contributed by atoms with Gasteiger partial charge >= 0.3 is 0 Å². The first-order chi connectivity index (χ1) is 8.75. The molecule has 0 fully saturated rings. The van der Waals surface area contributed by atoms with Gasteiger partial charge in [-0.15, -0.1) is 11.3 Å². The Morgan fingerprint density at radius 3 is 2.78 bits per heavy atom. The highest BCUT2D eigenvalue weighted by atomic mass is 32.1. The van der Waals surface area contributed by atoms with E-state index in [-0.39, 0.29) is 11.9 Å². The van der Waals surface area contributed by atoms with Crippen molar-refractivity contribution in [3.63, 3.8) is 0 Å². The van der Waals surface area contributed by atoms with Crippen LogP contribution in [0.15, 0.2) is 46.8 Å². The molecule has 3 rings (SSSR count). The Morgan fingerprint density at radius 2 is 2.00 bits per heavy atom. The molecule has 1 aliphatic heterocycles. The number of rotatable bonds is 1. The molecule has 0 saturated carbocycles. The molecule has 0 aliphatic carbocycles. The van der Waals surface area contributed by atoms with E-state index in [0.29, 0.717) is 0 Å². The van der Waals surface area contributed by atoms with Crippen molar-refractivity contribution in [2.45, 2.75) is 13.0 Å². The molecule has 1 unspecified atom stereocenters. The number of hydrogen-bond acceptors (Lipinski definition) is 3. The Kier molecular flexibility index (Phi) is 2.72. The van der Waals surface area contributed by atoms with Crippen LogP contribution in [-0.2, 0) is 4.79 Å². The molecular weight excluding hydrogens is 244 g/mol. The van der Waals surface area contributed by atoms with Gasteiger partial charge in [0.25, 0.3) is 0 Å². The second-order valence-electron chi connectivity index (χ2n) is 4.17. The maximum absolute atomic E-state index is 11.8. The molecular formula is C14H12N2OS. The summed E-state index contributed by atoms with van der Waals surface area (Å²) < 4.78 is 0. The minimum Gasteiger partial charge on any atom is -0.315 e. The average molecular weight is 256 g/mol. The van der Waals surface area contributed by atoms with Crippen molar-refractivity contribution in [3.05, 3.63) is 52.9 Å². The number of carbonyl (C=O) groups is 1. The monoisotopic (exact) mass is 256 g/mol. The number of amides is 1. The van der Waals surface area contributed by atoms with Crippen molar-refractivity contribution in [1.29, 1.82) is 0 Å². The molecule has 3 nitrogen and oxygen atoms in total. The van der Waals surface area contributed by atoms with Gasteiger partial charge in [-0.25, -0.2) is 0 Å². The maximum atomic E-state index is 11.8. The summed E-state index contributed by atoms with van der Waals surface area (Å²) >= 11 is 1.53. The molecule has 1 amide bonds. The lowest BCUT2D eigenvalue weighted by Gasteiger charge is -2.05. The number of aliphatic imine (C=N–C) groups is 1. The maximum Gasteiger partial charge on any atom is 0.249 e. The largest absolute Gasteiger partial charge is 0.315 e. The van der Waals surface area contributed by atoms with Gasteiger partial charge in [-0.05, 0) is 18.4 Å². The summed E-state index contributed by atoms with van der Waals surface area (Å²) in [5.74, 6) is -0.0513. The van der Waals surface area contributed by atoms with Crippen molar-refractivity contribution in [3.8, 4) is 0 Å². The van der Waals surface area contributed by atoms with Crippen LogP contribution in [0.5, 0.6) is 0 Å². The van der Waals surface area contributed by atoms with E-state index < -0.39 is 0 Å². The van der Waals surface area contributed by atoms with E-state index in [2.05, 4.69) is 10.3 Å². The zero-order valence-electron chi connectivity index (χ0n) is 9.88.